The molecule has 20 heavy (non-hydrogen) atoms. The molecule has 0 bridgehead atoms. The van der Waals surface area contributed by atoms with Crippen molar-refractivity contribution in [1.82, 2.24) is 0 Å². The number of carbonyl (C=O) groups is 2. The highest BCUT2D eigenvalue weighted by atomic mass is 32.1. The van der Waals surface area contributed by atoms with Crippen molar-refractivity contribution in [3.05, 3.63) is 28.5 Å². The number of carbonyl (C=O) groups excluding carboxylic acids is 1. The number of amides is 1. The molecule has 0 aliphatic heterocycles. The molecule has 2 aromatic heterocycles. The number of carboxylic acid groups (broad SMARTS) is 1. The van der Waals surface area contributed by atoms with E-state index in [9.17, 15) is 14.7 Å². The van der Waals surface area contributed by atoms with Gasteiger partial charge in [0.1, 0.15) is 10.6 Å². The predicted octanol–water partition coefficient (Wildman–Crippen LogP) is 4.16. The molecule has 0 fully saturated rings. The van der Waals surface area contributed by atoms with Crippen molar-refractivity contribution in [1.29, 1.82) is 0 Å². The number of anilines is 1. The monoisotopic (exact) mass is 309 g/mol. The molecule has 106 valence electrons. The Kier molecular flexibility index (Phi) is 3.96. The molecular weight excluding hydrogens is 294 g/mol. The highest BCUT2D eigenvalue weighted by molar-refractivity contribution is 7.17. The Morgan fingerprint density at radius 1 is 1.25 bits per heavy atom. The van der Waals surface area contributed by atoms with Gasteiger partial charge in [0.2, 0.25) is 5.91 Å². The molecule has 2 aromatic rings. The molecule has 2 heterocycles. The van der Waals surface area contributed by atoms with Crippen LogP contribution in [0.2, 0.25) is 0 Å². The number of thiophene rings is 2. The van der Waals surface area contributed by atoms with Crippen LogP contribution in [0, 0.1) is 5.41 Å². The van der Waals surface area contributed by atoms with Gasteiger partial charge in [-0.15, -0.1) is 22.7 Å². The van der Waals surface area contributed by atoms with E-state index >= 15 is 0 Å². The van der Waals surface area contributed by atoms with E-state index in [-0.39, 0.29) is 11.5 Å². The minimum Gasteiger partial charge on any atom is -0.478 e. The van der Waals surface area contributed by atoms with E-state index in [1.54, 1.807) is 26.2 Å². The number of carboxylic acids is 1. The third-order valence-corrected chi connectivity index (χ3v) is 4.50. The Balaban J connectivity index is 2.41. The fraction of sp³-hybridized carbons (Fsp3) is 0.286. The minimum absolute atomic E-state index is 0.162. The molecule has 2 rings (SSSR count). The van der Waals surface area contributed by atoms with Crippen LogP contribution in [0.5, 0.6) is 0 Å². The second kappa shape index (κ2) is 5.38. The van der Waals surface area contributed by atoms with Crippen molar-refractivity contribution in [2.45, 2.75) is 20.8 Å². The van der Waals surface area contributed by atoms with Crippen molar-refractivity contribution in [3.8, 4) is 10.4 Å². The standard InChI is InChI=1S/C14H15NO3S2/c1-14(2,3)13(18)15-11-10(12(16)17)8(7-20-11)9-5-4-6-19-9/h4-7H,1-3H3,(H,15,18)(H,16,17). The number of aromatic carboxylic acids is 1. The van der Waals surface area contributed by atoms with Gasteiger partial charge in [-0.25, -0.2) is 4.79 Å². The number of nitrogens with one attached hydrogen (secondary N) is 1. The van der Waals surface area contributed by atoms with Crippen LogP contribution in [-0.4, -0.2) is 17.0 Å². The van der Waals surface area contributed by atoms with Gasteiger partial charge < -0.3 is 10.4 Å². The zero-order chi connectivity index (χ0) is 14.9. The van der Waals surface area contributed by atoms with E-state index in [1.807, 2.05) is 17.5 Å². The van der Waals surface area contributed by atoms with Crippen molar-refractivity contribution in [2.24, 2.45) is 5.41 Å². The Hall–Kier alpha value is -1.66. The lowest BCUT2D eigenvalue weighted by molar-refractivity contribution is -0.123. The largest absolute Gasteiger partial charge is 0.478 e. The van der Waals surface area contributed by atoms with Crippen LogP contribution in [0.15, 0.2) is 22.9 Å². The minimum atomic E-state index is -1.03. The van der Waals surface area contributed by atoms with Gasteiger partial charge in [0.05, 0.1) is 0 Å². The van der Waals surface area contributed by atoms with Crippen LogP contribution in [-0.2, 0) is 4.79 Å². The molecule has 0 spiro atoms. The maximum atomic E-state index is 12.0. The quantitative estimate of drug-likeness (QED) is 0.894. The van der Waals surface area contributed by atoms with Gasteiger partial charge >= 0.3 is 5.97 Å². The molecule has 6 heteroatoms. The summed E-state index contributed by atoms with van der Waals surface area (Å²) in [6.45, 7) is 5.36. The van der Waals surface area contributed by atoms with Crippen LogP contribution in [0.3, 0.4) is 0 Å². The van der Waals surface area contributed by atoms with E-state index in [0.717, 1.165) is 4.88 Å². The lowest BCUT2D eigenvalue weighted by Crippen LogP contribution is -2.27. The second-order valence-electron chi connectivity index (χ2n) is 5.34. The molecule has 4 nitrogen and oxygen atoms in total. The number of hydrogen-bond acceptors (Lipinski definition) is 4. The first-order valence-corrected chi connectivity index (χ1v) is 7.76. The van der Waals surface area contributed by atoms with E-state index < -0.39 is 11.4 Å². The Labute approximate surface area is 125 Å². The van der Waals surface area contributed by atoms with Crippen molar-refractivity contribution < 1.29 is 14.7 Å². The molecule has 0 saturated carbocycles. The molecule has 0 unspecified atom stereocenters. The normalized spacial score (nSPS) is 11.3. The van der Waals surface area contributed by atoms with E-state index in [2.05, 4.69) is 5.32 Å². The average Bonchev–Trinajstić information content (AvgIpc) is 2.94. The van der Waals surface area contributed by atoms with Gasteiger partial charge in [-0.3, -0.25) is 4.79 Å². The fourth-order valence-electron chi connectivity index (χ4n) is 1.57. The van der Waals surface area contributed by atoms with Gasteiger partial charge in [0, 0.05) is 21.2 Å². The molecule has 0 aliphatic carbocycles. The summed E-state index contributed by atoms with van der Waals surface area (Å²) in [5.74, 6) is -1.22. The summed E-state index contributed by atoms with van der Waals surface area (Å²) in [4.78, 5) is 24.4. The lowest BCUT2D eigenvalue weighted by Gasteiger charge is -2.17. The second-order valence-corrected chi connectivity index (χ2v) is 7.17. The van der Waals surface area contributed by atoms with Gasteiger partial charge in [0.25, 0.3) is 0 Å². The molecule has 0 saturated heterocycles. The zero-order valence-electron chi connectivity index (χ0n) is 11.4. The Bertz CT molecular complexity index is 636. The summed E-state index contributed by atoms with van der Waals surface area (Å²) in [6, 6.07) is 3.74. The zero-order valence-corrected chi connectivity index (χ0v) is 13.0. The van der Waals surface area contributed by atoms with Crippen LogP contribution < -0.4 is 5.32 Å². The number of hydrogen-bond donors (Lipinski definition) is 2. The molecule has 1 amide bonds. The smallest absolute Gasteiger partial charge is 0.339 e. The molecule has 2 N–H and O–H groups in total. The first kappa shape index (κ1) is 14.7. The summed E-state index contributed by atoms with van der Waals surface area (Å²) in [6.07, 6.45) is 0. The summed E-state index contributed by atoms with van der Waals surface area (Å²) in [7, 11) is 0. The van der Waals surface area contributed by atoms with Crippen LogP contribution in [0.1, 0.15) is 31.1 Å². The molecule has 0 aliphatic rings. The van der Waals surface area contributed by atoms with Gasteiger partial charge in [-0.1, -0.05) is 26.8 Å². The lowest BCUT2D eigenvalue weighted by atomic mass is 9.96. The first-order valence-electron chi connectivity index (χ1n) is 6.01. The highest BCUT2D eigenvalue weighted by Gasteiger charge is 2.26. The summed E-state index contributed by atoms with van der Waals surface area (Å²) >= 11 is 2.72. The van der Waals surface area contributed by atoms with Crippen molar-refractivity contribution in [2.75, 3.05) is 5.32 Å². The van der Waals surface area contributed by atoms with Gasteiger partial charge in [-0.05, 0) is 11.4 Å². The maximum Gasteiger partial charge on any atom is 0.339 e. The average molecular weight is 309 g/mol. The fourth-order valence-corrected chi connectivity index (χ4v) is 3.34. The third kappa shape index (κ3) is 2.91. The first-order chi connectivity index (χ1) is 9.30. The van der Waals surface area contributed by atoms with Crippen LogP contribution in [0.25, 0.3) is 10.4 Å². The van der Waals surface area contributed by atoms with E-state index in [0.29, 0.717) is 10.6 Å². The summed E-state index contributed by atoms with van der Waals surface area (Å²) in [5, 5.41) is 16.2. The summed E-state index contributed by atoms with van der Waals surface area (Å²) < 4.78 is 0. The van der Waals surface area contributed by atoms with Crippen LogP contribution >= 0.6 is 22.7 Å². The highest BCUT2D eigenvalue weighted by Crippen LogP contribution is 2.38. The van der Waals surface area contributed by atoms with Crippen LogP contribution in [0.4, 0.5) is 5.00 Å². The topological polar surface area (TPSA) is 66.4 Å². The molecule has 0 aromatic carbocycles. The van der Waals surface area contributed by atoms with E-state index in [4.69, 9.17) is 0 Å². The Morgan fingerprint density at radius 3 is 2.45 bits per heavy atom. The maximum absolute atomic E-state index is 12.0. The van der Waals surface area contributed by atoms with Crippen molar-refractivity contribution >= 4 is 39.6 Å². The number of rotatable bonds is 3. The van der Waals surface area contributed by atoms with Crippen molar-refractivity contribution in [3.63, 3.8) is 0 Å². The molecule has 0 atom stereocenters. The Morgan fingerprint density at radius 2 is 1.95 bits per heavy atom. The molecule has 0 radical (unpaired) electrons. The summed E-state index contributed by atoms with van der Waals surface area (Å²) in [5.41, 5.74) is 0.250. The van der Waals surface area contributed by atoms with E-state index in [1.165, 1.54) is 22.7 Å². The predicted molar refractivity (Wildman–Crippen MR) is 82.7 cm³/mol. The van der Waals surface area contributed by atoms with Gasteiger partial charge in [0.15, 0.2) is 0 Å². The molecular formula is C14H15NO3S2. The van der Waals surface area contributed by atoms with Gasteiger partial charge in [-0.2, -0.15) is 0 Å². The third-order valence-electron chi connectivity index (χ3n) is 2.70. The SMILES string of the molecule is CC(C)(C)C(=O)Nc1scc(-c2cccs2)c1C(=O)O.